The van der Waals surface area contributed by atoms with Crippen molar-refractivity contribution in [1.29, 1.82) is 0 Å². The molecule has 0 atom stereocenters. The second-order valence-corrected chi connectivity index (χ2v) is 6.96. The lowest BCUT2D eigenvalue weighted by molar-refractivity contribution is -0.118. The summed E-state index contributed by atoms with van der Waals surface area (Å²) >= 11 is 0. The van der Waals surface area contributed by atoms with Gasteiger partial charge in [0, 0.05) is 30.5 Å². The first-order valence-corrected chi connectivity index (χ1v) is 9.68. The van der Waals surface area contributed by atoms with Gasteiger partial charge in [0.05, 0.1) is 0 Å². The van der Waals surface area contributed by atoms with Crippen molar-refractivity contribution in [3.8, 4) is 5.75 Å². The van der Waals surface area contributed by atoms with E-state index in [0.717, 1.165) is 28.2 Å². The van der Waals surface area contributed by atoms with Gasteiger partial charge in [-0.25, -0.2) is 0 Å². The van der Waals surface area contributed by atoms with Gasteiger partial charge in [-0.2, -0.15) is 0 Å². The number of hydrogen-bond donors (Lipinski definition) is 3. The lowest BCUT2D eigenvalue weighted by Crippen LogP contribution is -2.20. The van der Waals surface area contributed by atoms with Gasteiger partial charge in [0.2, 0.25) is 5.91 Å². The van der Waals surface area contributed by atoms with Gasteiger partial charge in [0.15, 0.2) is 6.61 Å². The maximum Gasteiger partial charge on any atom is 0.262 e. The molecule has 0 bridgehead atoms. The van der Waals surface area contributed by atoms with Crippen LogP contribution in [0.1, 0.15) is 18.1 Å². The van der Waals surface area contributed by atoms with Gasteiger partial charge in [-0.15, -0.1) is 0 Å². The van der Waals surface area contributed by atoms with Crippen LogP contribution in [0.3, 0.4) is 0 Å². The van der Waals surface area contributed by atoms with E-state index in [-0.39, 0.29) is 18.4 Å². The van der Waals surface area contributed by atoms with E-state index in [1.807, 2.05) is 79.7 Å². The van der Waals surface area contributed by atoms with E-state index in [0.29, 0.717) is 12.3 Å². The smallest absolute Gasteiger partial charge is 0.262 e. The molecule has 3 rings (SSSR count). The van der Waals surface area contributed by atoms with Crippen molar-refractivity contribution >= 4 is 28.9 Å². The third kappa shape index (κ3) is 6.67. The number of anilines is 3. The summed E-state index contributed by atoms with van der Waals surface area (Å²) in [4.78, 5) is 23.1. The Balaban J connectivity index is 1.43. The molecule has 0 saturated carbocycles. The number of carbonyl (C=O) groups is 2. The number of aryl methyl sites for hydroxylation is 1. The molecule has 6 heteroatoms. The van der Waals surface area contributed by atoms with Crippen LogP contribution in [-0.2, 0) is 16.1 Å². The van der Waals surface area contributed by atoms with Crippen molar-refractivity contribution in [3.63, 3.8) is 0 Å². The molecule has 0 radical (unpaired) electrons. The van der Waals surface area contributed by atoms with Gasteiger partial charge >= 0.3 is 0 Å². The van der Waals surface area contributed by atoms with E-state index in [1.165, 1.54) is 6.92 Å². The summed E-state index contributed by atoms with van der Waals surface area (Å²) in [6.45, 7) is 4.08. The van der Waals surface area contributed by atoms with Crippen LogP contribution in [0.4, 0.5) is 17.1 Å². The molecule has 154 valence electrons. The minimum atomic E-state index is -0.202. The monoisotopic (exact) mass is 403 g/mol. The normalized spacial score (nSPS) is 10.2. The van der Waals surface area contributed by atoms with Crippen molar-refractivity contribution in [2.24, 2.45) is 0 Å². The molecule has 2 amide bonds. The number of benzene rings is 3. The fourth-order valence-electron chi connectivity index (χ4n) is 2.77. The van der Waals surface area contributed by atoms with E-state index in [2.05, 4.69) is 16.0 Å². The van der Waals surface area contributed by atoms with Crippen molar-refractivity contribution in [2.75, 3.05) is 22.6 Å². The van der Waals surface area contributed by atoms with Crippen LogP contribution in [0.15, 0.2) is 72.8 Å². The van der Waals surface area contributed by atoms with Crippen molar-refractivity contribution in [3.05, 3.63) is 83.9 Å². The lowest BCUT2D eigenvalue weighted by Gasteiger charge is -2.10. The fourth-order valence-corrected chi connectivity index (χ4v) is 2.77. The van der Waals surface area contributed by atoms with Crippen molar-refractivity contribution in [1.82, 2.24) is 0 Å². The maximum absolute atomic E-state index is 12.0. The number of nitrogens with one attached hydrogen (secondary N) is 3. The van der Waals surface area contributed by atoms with Gasteiger partial charge in [-0.05, 0) is 61.0 Å². The summed E-state index contributed by atoms with van der Waals surface area (Å²) < 4.78 is 5.56. The second kappa shape index (κ2) is 10.1. The van der Waals surface area contributed by atoms with Gasteiger partial charge < -0.3 is 20.7 Å². The topological polar surface area (TPSA) is 79.5 Å². The predicted molar refractivity (Wildman–Crippen MR) is 120 cm³/mol. The highest BCUT2D eigenvalue weighted by Gasteiger charge is 2.04. The van der Waals surface area contributed by atoms with E-state index in [9.17, 15) is 9.59 Å². The highest BCUT2D eigenvalue weighted by Crippen LogP contribution is 2.17. The Kier molecular flexibility index (Phi) is 7.05. The Bertz CT molecular complexity index is 982. The number of ether oxygens (including phenoxy) is 1. The van der Waals surface area contributed by atoms with Crippen LogP contribution in [-0.4, -0.2) is 18.4 Å². The first kappa shape index (κ1) is 20.9. The molecule has 0 fully saturated rings. The molecule has 3 aromatic rings. The number of hydrogen-bond acceptors (Lipinski definition) is 4. The second-order valence-electron chi connectivity index (χ2n) is 6.96. The summed E-state index contributed by atoms with van der Waals surface area (Å²) in [7, 11) is 0. The molecule has 0 aromatic heterocycles. The SMILES string of the molecule is CC(=O)Nc1ccc(NCc2ccc(OCC(=O)Nc3ccc(C)cc3)cc2)cc1. The Hall–Kier alpha value is -3.80. The third-order valence-electron chi connectivity index (χ3n) is 4.33. The first-order chi connectivity index (χ1) is 14.5. The number of amides is 2. The predicted octanol–water partition coefficient (Wildman–Crippen LogP) is 4.58. The van der Waals surface area contributed by atoms with Crippen LogP contribution < -0.4 is 20.7 Å². The van der Waals surface area contributed by atoms with E-state index < -0.39 is 0 Å². The van der Waals surface area contributed by atoms with Gasteiger partial charge in [-0.1, -0.05) is 29.8 Å². The van der Waals surface area contributed by atoms with Crippen LogP contribution in [0.25, 0.3) is 0 Å². The zero-order valence-electron chi connectivity index (χ0n) is 17.1. The van der Waals surface area contributed by atoms with Crippen molar-refractivity contribution in [2.45, 2.75) is 20.4 Å². The summed E-state index contributed by atoms with van der Waals surface area (Å²) in [6, 6.07) is 22.7. The highest BCUT2D eigenvalue weighted by molar-refractivity contribution is 5.91. The molecular formula is C24H25N3O3. The zero-order valence-corrected chi connectivity index (χ0v) is 17.1. The lowest BCUT2D eigenvalue weighted by atomic mass is 10.2. The molecule has 3 N–H and O–H groups in total. The van der Waals surface area contributed by atoms with Gasteiger partial charge in [-0.3, -0.25) is 9.59 Å². The Morgan fingerprint density at radius 1 is 0.767 bits per heavy atom. The van der Waals surface area contributed by atoms with Crippen LogP contribution >= 0.6 is 0 Å². The van der Waals surface area contributed by atoms with Gasteiger partial charge in [0.25, 0.3) is 5.91 Å². The summed E-state index contributed by atoms with van der Waals surface area (Å²) in [6.07, 6.45) is 0. The molecule has 0 aliphatic carbocycles. The average Bonchev–Trinajstić information content (AvgIpc) is 2.74. The highest BCUT2D eigenvalue weighted by atomic mass is 16.5. The molecule has 0 heterocycles. The van der Waals surface area contributed by atoms with E-state index in [4.69, 9.17) is 4.74 Å². The molecule has 0 saturated heterocycles. The molecule has 0 aliphatic heterocycles. The minimum absolute atomic E-state index is 0.0495. The summed E-state index contributed by atoms with van der Waals surface area (Å²) in [5.74, 6) is 0.343. The van der Waals surface area contributed by atoms with Crippen LogP contribution in [0.5, 0.6) is 5.75 Å². The molecule has 0 aliphatic rings. The summed E-state index contributed by atoms with van der Waals surface area (Å²) in [5.41, 5.74) is 4.69. The Morgan fingerprint density at radius 3 is 1.97 bits per heavy atom. The van der Waals surface area contributed by atoms with Crippen LogP contribution in [0, 0.1) is 6.92 Å². The quantitative estimate of drug-likeness (QED) is 0.514. The van der Waals surface area contributed by atoms with Crippen molar-refractivity contribution < 1.29 is 14.3 Å². The molecule has 0 unspecified atom stereocenters. The van der Waals surface area contributed by atoms with E-state index >= 15 is 0 Å². The standard InChI is InChI=1S/C24H25N3O3/c1-17-3-7-22(8-4-17)27-24(29)16-30-23-13-5-19(6-14-23)15-25-20-9-11-21(12-10-20)26-18(2)28/h3-14,25H,15-16H2,1-2H3,(H,26,28)(H,27,29). The number of rotatable bonds is 8. The maximum atomic E-state index is 12.0. The Labute approximate surface area is 176 Å². The minimum Gasteiger partial charge on any atom is -0.484 e. The van der Waals surface area contributed by atoms with Gasteiger partial charge in [0.1, 0.15) is 5.75 Å². The average molecular weight is 403 g/mol. The largest absolute Gasteiger partial charge is 0.484 e. The van der Waals surface area contributed by atoms with Crippen LogP contribution in [0.2, 0.25) is 0 Å². The molecule has 6 nitrogen and oxygen atoms in total. The molecule has 30 heavy (non-hydrogen) atoms. The molecular weight excluding hydrogens is 378 g/mol. The summed E-state index contributed by atoms with van der Waals surface area (Å²) in [5, 5.41) is 8.87. The fraction of sp³-hybridized carbons (Fsp3) is 0.167. The zero-order chi connectivity index (χ0) is 21.3. The van der Waals surface area contributed by atoms with E-state index in [1.54, 1.807) is 0 Å². The molecule has 3 aromatic carbocycles. The number of carbonyl (C=O) groups excluding carboxylic acids is 2. The third-order valence-corrected chi connectivity index (χ3v) is 4.33. The first-order valence-electron chi connectivity index (χ1n) is 9.68. The molecule has 0 spiro atoms. The Morgan fingerprint density at radius 2 is 1.33 bits per heavy atom.